The Morgan fingerprint density at radius 1 is 1.08 bits per heavy atom. The Bertz CT molecular complexity index is 721. The van der Waals surface area contributed by atoms with Crippen LogP contribution in [0.3, 0.4) is 0 Å². The van der Waals surface area contributed by atoms with Gasteiger partial charge in [-0.25, -0.2) is 4.98 Å². The quantitative estimate of drug-likeness (QED) is 0.706. The van der Waals surface area contributed by atoms with Crippen molar-refractivity contribution in [1.29, 1.82) is 15.8 Å². The van der Waals surface area contributed by atoms with Crippen LogP contribution in [0.4, 0.5) is 0 Å². The number of amides is 1. The minimum Gasteiger partial charge on any atom is -0.340 e. The summed E-state index contributed by atoms with van der Waals surface area (Å²) in [7, 11) is 0. The number of nitrogens with zero attached hydrogens (tertiary/aromatic N) is 5. The maximum absolute atomic E-state index is 12.3. The number of hydrogen-bond acceptors (Lipinski definition) is 6. The van der Waals surface area contributed by atoms with Crippen LogP contribution in [0.5, 0.6) is 0 Å². The van der Waals surface area contributed by atoms with Gasteiger partial charge in [-0.05, 0) is 31.9 Å². The second-order valence-corrected chi connectivity index (χ2v) is 6.19. The van der Waals surface area contributed by atoms with E-state index in [1.165, 1.54) is 16.7 Å². The number of nitriles is 3. The minimum atomic E-state index is -0.160. The Hall–Kier alpha value is -2.56. The average molecular weight is 341 g/mol. The van der Waals surface area contributed by atoms with Gasteiger partial charge in [-0.1, -0.05) is 11.8 Å². The van der Waals surface area contributed by atoms with Crippen LogP contribution in [0, 0.1) is 54.8 Å². The first-order chi connectivity index (χ1) is 11.5. The predicted molar refractivity (Wildman–Crippen MR) is 90.9 cm³/mol. The highest BCUT2D eigenvalue weighted by Crippen LogP contribution is 2.26. The van der Waals surface area contributed by atoms with E-state index in [0.29, 0.717) is 23.7 Å². The van der Waals surface area contributed by atoms with Gasteiger partial charge in [0, 0.05) is 18.8 Å². The first-order valence-corrected chi connectivity index (χ1v) is 8.47. The van der Waals surface area contributed by atoms with Crippen molar-refractivity contribution >= 4 is 17.7 Å². The van der Waals surface area contributed by atoms with E-state index in [4.69, 9.17) is 10.5 Å². The molecule has 0 N–H and O–H groups in total. The van der Waals surface area contributed by atoms with Crippen LogP contribution in [-0.4, -0.2) is 34.6 Å². The van der Waals surface area contributed by atoms with E-state index >= 15 is 0 Å². The van der Waals surface area contributed by atoms with Gasteiger partial charge in [0.25, 0.3) is 0 Å². The molecule has 124 valence electrons. The van der Waals surface area contributed by atoms with Gasteiger partial charge in [-0.15, -0.1) is 0 Å². The van der Waals surface area contributed by atoms with Crippen LogP contribution in [0.2, 0.25) is 0 Å². The van der Waals surface area contributed by atoms with Crippen molar-refractivity contribution in [2.45, 2.75) is 38.6 Å². The van der Waals surface area contributed by atoms with Crippen LogP contribution in [0.25, 0.3) is 0 Å². The molecule has 1 heterocycles. The molecule has 1 aromatic rings. The summed E-state index contributed by atoms with van der Waals surface area (Å²) >= 11 is 1.22. The van der Waals surface area contributed by atoms with E-state index in [1.54, 1.807) is 0 Å². The third kappa shape index (κ3) is 4.98. The molecule has 0 unspecified atom stereocenters. The van der Waals surface area contributed by atoms with Crippen molar-refractivity contribution in [3.05, 3.63) is 22.4 Å². The Morgan fingerprint density at radius 2 is 1.67 bits per heavy atom. The number of thioether (sulfide) groups is 1. The molecule has 0 aromatic carbocycles. The predicted octanol–water partition coefficient (Wildman–Crippen LogP) is 2.63. The van der Waals surface area contributed by atoms with Crippen LogP contribution in [0.15, 0.2) is 5.03 Å². The molecule has 0 atom stereocenters. The van der Waals surface area contributed by atoms with Crippen molar-refractivity contribution in [3.63, 3.8) is 0 Å². The Labute approximate surface area is 146 Å². The van der Waals surface area contributed by atoms with E-state index < -0.39 is 0 Å². The molecular weight excluding hydrogens is 322 g/mol. The maximum atomic E-state index is 12.3. The SMILES string of the molecule is Cc1nc(SCC(=O)N(CCC#N)CCC#N)c(C#N)c(C)c1C. The molecule has 0 spiro atoms. The van der Waals surface area contributed by atoms with Crippen molar-refractivity contribution in [2.24, 2.45) is 0 Å². The first kappa shape index (κ1) is 19.5. The zero-order chi connectivity index (χ0) is 18.1. The van der Waals surface area contributed by atoms with Gasteiger partial charge in [0.15, 0.2) is 0 Å². The van der Waals surface area contributed by atoms with Gasteiger partial charge in [0.1, 0.15) is 11.1 Å². The summed E-state index contributed by atoms with van der Waals surface area (Å²) in [6.07, 6.45) is 0.457. The standard InChI is InChI=1S/C17H19N5OS/c1-12-13(2)15(10-20)17(21-14(12)3)24-11-16(23)22(8-4-6-18)9-5-7-19/h4-5,8-9,11H2,1-3H3. The normalized spacial score (nSPS) is 9.67. The van der Waals surface area contributed by atoms with Gasteiger partial charge < -0.3 is 4.90 Å². The van der Waals surface area contributed by atoms with Crippen molar-refractivity contribution < 1.29 is 4.79 Å². The van der Waals surface area contributed by atoms with Crippen LogP contribution in [-0.2, 0) is 4.79 Å². The van der Waals surface area contributed by atoms with Gasteiger partial charge in [-0.3, -0.25) is 4.79 Å². The summed E-state index contributed by atoms with van der Waals surface area (Å²) in [6, 6.07) is 6.17. The molecule has 1 amide bonds. The topological polar surface area (TPSA) is 105 Å². The summed E-state index contributed by atoms with van der Waals surface area (Å²) in [5.74, 6) is -0.0346. The highest BCUT2D eigenvalue weighted by atomic mass is 32.2. The molecule has 7 heteroatoms. The highest BCUT2D eigenvalue weighted by molar-refractivity contribution is 8.00. The van der Waals surface area contributed by atoms with E-state index in [0.717, 1.165) is 16.8 Å². The van der Waals surface area contributed by atoms with Crippen molar-refractivity contribution in [1.82, 2.24) is 9.88 Å². The minimum absolute atomic E-state index is 0.125. The maximum Gasteiger partial charge on any atom is 0.233 e. The fourth-order valence-corrected chi connectivity index (χ4v) is 3.09. The van der Waals surface area contributed by atoms with Gasteiger partial charge in [0.2, 0.25) is 5.91 Å². The van der Waals surface area contributed by atoms with Crippen molar-refractivity contribution in [2.75, 3.05) is 18.8 Å². The number of rotatable bonds is 7. The summed E-state index contributed by atoms with van der Waals surface area (Å²) in [5.41, 5.74) is 3.20. The average Bonchev–Trinajstić information content (AvgIpc) is 2.57. The number of carbonyl (C=O) groups is 1. The molecule has 24 heavy (non-hydrogen) atoms. The lowest BCUT2D eigenvalue weighted by Gasteiger charge is -2.20. The zero-order valence-corrected chi connectivity index (χ0v) is 14.9. The van der Waals surface area contributed by atoms with E-state index in [9.17, 15) is 10.1 Å². The summed E-state index contributed by atoms with van der Waals surface area (Å²) in [5, 5.41) is 27.3. The van der Waals surface area contributed by atoms with Crippen LogP contribution >= 0.6 is 11.8 Å². The Balaban J connectivity index is 2.87. The third-order valence-electron chi connectivity index (χ3n) is 3.75. The number of aromatic nitrogens is 1. The number of pyridine rings is 1. The van der Waals surface area contributed by atoms with E-state index in [-0.39, 0.29) is 24.5 Å². The van der Waals surface area contributed by atoms with Gasteiger partial charge >= 0.3 is 0 Å². The number of carbonyl (C=O) groups excluding carboxylic acids is 1. The van der Waals surface area contributed by atoms with E-state index in [2.05, 4.69) is 11.1 Å². The number of hydrogen-bond donors (Lipinski definition) is 0. The van der Waals surface area contributed by atoms with Crippen molar-refractivity contribution in [3.8, 4) is 18.2 Å². The molecule has 0 fully saturated rings. The summed E-state index contributed by atoms with van der Waals surface area (Å²) < 4.78 is 0. The molecule has 0 radical (unpaired) electrons. The lowest BCUT2D eigenvalue weighted by molar-refractivity contribution is -0.128. The monoisotopic (exact) mass is 341 g/mol. The Morgan fingerprint density at radius 3 is 2.17 bits per heavy atom. The molecular formula is C17H19N5OS. The first-order valence-electron chi connectivity index (χ1n) is 7.48. The molecule has 6 nitrogen and oxygen atoms in total. The zero-order valence-electron chi connectivity index (χ0n) is 14.1. The largest absolute Gasteiger partial charge is 0.340 e. The second kappa shape index (κ2) is 9.55. The van der Waals surface area contributed by atoms with E-state index in [1.807, 2.05) is 32.9 Å². The highest BCUT2D eigenvalue weighted by Gasteiger charge is 2.17. The van der Waals surface area contributed by atoms with Gasteiger partial charge in [0.05, 0.1) is 36.3 Å². The molecule has 1 aromatic heterocycles. The summed E-state index contributed by atoms with van der Waals surface area (Å²) in [6.45, 7) is 6.29. The smallest absolute Gasteiger partial charge is 0.233 e. The molecule has 0 saturated heterocycles. The second-order valence-electron chi connectivity index (χ2n) is 5.22. The fraction of sp³-hybridized carbons (Fsp3) is 0.471. The molecule has 0 saturated carbocycles. The molecule has 0 aliphatic heterocycles. The van der Waals surface area contributed by atoms with Crippen LogP contribution < -0.4 is 0 Å². The number of aryl methyl sites for hydroxylation is 1. The van der Waals surface area contributed by atoms with Gasteiger partial charge in [-0.2, -0.15) is 15.8 Å². The summed E-state index contributed by atoms with van der Waals surface area (Å²) in [4.78, 5) is 18.3. The Kier molecular flexibility index (Phi) is 7.75. The fourth-order valence-electron chi connectivity index (χ4n) is 2.10. The van der Waals surface area contributed by atoms with Crippen LogP contribution in [0.1, 0.15) is 35.2 Å². The molecule has 0 aliphatic carbocycles. The lowest BCUT2D eigenvalue weighted by Crippen LogP contribution is -2.34. The third-order valence-corrected chi connectivity index (χ3v) is 4.71. The lowest BCUT2D eigenvalue weighted by atomic mass is 10.1. The molecule has 1 rings (SSSR count). The molecule has 0 aliphatic rings. The molecule has 0 bridgehead atoms.